The second kappa shape index (κ2) is 8.53. The van der Waals surface area contributed by atoms with E-state index in [1.165, 1.54) is 0 Å². The Morgan fingerprint density at radius 1 is 1.26 bits per heavy atom. The van der Waals surface area contributed by atoms with Crippen molar-refractivity contribution >= 4 is 17.6 Å². The summed E-state index contributed by atoms with van der Waals surface area (Å²) in [6.45, 7) is 4.74. The maximum Gasteiger partial charge on any atom is 0.319 e. The molecular weight excluding hydrogens is 294 g/mol. The van der Waals surface area contributed by atoms with Gasteiger partial charge in [0.25, 0.3) is 5.91 Å². The monoisotopic (exact) mass is 319 g/mol. The van der Waals surface area contributed by atoms with Crippen LogP contribution in [0.2, 0.25) is 0 Å². The van der Waals surface area contributed by atoms with Gasteiger partial charge in [-0.1, -0.05) is 0 Å². The molecule has 0 atom stereocenters. The Morgan fingerprint density at radius 3 is 2.65 bits per heavy atom. The molecule has 0 saturated carbocycles. The van der Waals surface area contributed by atoms with E-state index in [9.17, 15) is 9.59 Å². The van der Waals surface area contributed by atoms with Gasteiger partial charge in [0.05, 0.1) is 0 Å². The Labute approximate surface area is 137 Å². The number of rotatable bonds is 6. The van der Waals surface area contributed by atoms with Gasteiger partial charge >= 0.3 is 6.03 Å². The molecule has 1 aliphatic rings. The number of anilines is 1. The van der Waals surface area contributed by atoms with Crippen molar-refractivity contribution in [2.45, 2.75) is 26.2 Å². The number of ether oxygens (including phenoxy) is 1. The topological polar surface area (TPSA) is 70.7 Å². The van der Waals surface area contributed by atoms with E-state index in [0.29, 0.717) is 24.4 Å². The molecule has 6 heteroatoms. The molecule has 0 aromatic heterocycles. The molecule has 6 nitrogen and oxygen atoms in total. The van der Waals surface area contributed by atoms with Gasteiger partial charge in [-0.3, -0.25) is 4.79 Å². The molecule has 0 bridgehead atoms. The summed E-state index contributed by atoms with van der Waals surface area (Å²) in [4.78, 5) is 26.0. The molecule has 2 rings (SSSR count). The molecule has 1 aliphatic heterocycles. The minimum absolute atomic E-state index is 0.0705. The molecule has 3 amide bonds. The Morgan fingerprint density at radius 2 is 2.00 bits per heavy atom. The number of aryl methyl sites for hydroxylation is 1. The summed E-state index contributed by atoms with van der Waals surface area (Å²) in [7, 11) is 1.63. The van der Waals surface area contributed by atoms with E-state index >= 15 is 0 Å². The van der Waals surface area contributed by atoms with Crippen LogP contribution in [-0.2, 0) is 4.74 Å². The normalized spacial score (nSPS) is 13.9. The summed E-state index contributed by atoms with van der Waals surface area (Å²) in [5.41, 5.74) is 2.27. The number of hydrogen-bond acceptors (Lipinski definition) is 3. The van der Waals surface area contributed by atoms with Gasteiger partial charge < -0.3 is 20.3 Å². The van der Waals surface area contributed by atoms with Crippen molar-refractivity contribution in [2.75, 3.05) is 38.7 Å². The summed E-state index contributed by atoms with van der Waals surface area (Å²) in [5.74, 6) is 0.0705. The van der Waals surface area contributed by atoms with E-state index in [1.54, 1.807) is 19.2 Å². The number of carbonyl (C=O) groups is 2. The number of likely N-dealkylation sites (tertiary alicyclic amines) is 1. The van der Waals surface area contributed by atoms with Crippen LogP contribution in [0.4, 0.5) is 10.5 Å². The second-order valence-electron chi connectivity index (χ2n) is 5.76. The van der Waals surface area contributed by atoms with Gasteiger partial charge in [0.15, 0.2) is 0 Å². The zero-order chi connectivity index (χ0) is 16.7. The number of nitrogens with zero attached hydrogens (tertiary/aromatic N) is 1. The Bertz CT molecular complexity index is 554. The molecule has 1 heterocycles. The molecule has 0 radical (unpaired) electrons. The quantitative estimate of drug-likeness (QED) is 0.791. The van der Waals surface area contributed by atoms with Crippen LogP contribution in [0.1, 0.15) is 35.2 Å². The van der Waals surface area contributed by atoms with Crippen LogP contribution in [0.5, 0.6) is 0 Å². The highest BCUT2D eigenvalue weighted by atomic mass is 16.5. The maximum atomic E-state index is 12.3. The molecule has 1 saturated heterocycles. The molecule has 1 aromatic carbocycles. The van der Waals surface area contributed by atoms with Crippen LogP contribution < -0.4 is 10.6 Å². The average molecular weight is 319 g/mol. The van der Waals surface area contributed by atoms with Gasteiger partial charge in [-0.15, -0.1) is 0 Å². The van der Waals surface area contributed by atoms with Crippen LogP contribution in [-0.4, -0.2) is 50.2 Å². The zero-order valence-corrected chi connectivity index (χ0v) is 13.9. The van der Waals surface area contributed by atoms with Crippen molar-refractivity contribution < 1.29 is 14.3 Å². The van der Waals surface area contributed by atoms with Crippen LogP contribution in [0.15, 0.2) is 18.2 Å². The fraction of sp³-hybridized carbons (Fsp3) is 0.529. The summed E-state index contributed by atoms with van der Waals surface area (Å²) < 4.78 is 4.93. The molecule has 1 aromatic rings. The van der Waals surface area contributed by atoms with Crippen molar-refractivity contribution in [3.63, 3.8) is 0 Å². The zero-order valence-electron chi connectivity index (χ0n) is 13.9. The lowest BCUT2D eigenvalue weighted by Gasteiger charge is -2.16. The number of nitrogens with one attached hydrogen (secondary N) is 2. The molecule has 0 spiro atoms. The average Bonchev–Trinajstić information content (AvgIpc) is 3.07. The van der Waals surface area contributed by atoms with Crippen LogP contribution in [0, 0.1) is 6.92 Å². The number of hydrogen-bond donors (Lipinski definition) is 2. The predicted molar refractivity (Wildman–Crippen MR) is 89.8 cm³/mol. The van der Waals surface area contributed by atoms with Crippen molar-refractivity contribution in [1.29, 1.82) is 0 Å². The van der Waals surface area contributed by atoms with Crippen LogP contribution in [0.25, 0.3) is 0 Å². The lowest BCUT2D eigenvalue weighted by atomic mass is 10.1. The number of amides is 3. The molecule has 126 valence electrons. The lowest BCUT2D eigenvalue weighted by molar-refractivity contribution is 0.0792. The van der Waals surface area contributed by atoms with Gasteiger partial charge in [0, 0.05) is 44.6 Å². The maximum absolute atomic E-state index is 12.3. The first kappa shape index (κ1) is 17.3. The van der Waals surface area contributed by atoms with E-state index in [-0.39, 0.29) is 11.9 Å². The molecular formula is C17H25N3O3. The Balaban J connectivity index is 1.91. The van der Waals surface area contributed by atoms with Gasteiger partial charge in [0.2, 0.25) is 0 Å². The fourth-order valence-corrected chi connectivity index (χ4v) is 2.62. The number of methoxy groups -OCH3 is 1. The fourth-order valence-electron chi connectivity index (χ4n) is 2.62. The molecule has 23 heavy (non-hydrogen) atoms. The largest absolute Gasteiger partial charge is 0.385 e. The lowest BCUT2D eigenvalue weighted by Crippen LogP contribution is -2.30. The van der Waals surface area contributed by atoms with Crippen molar-refractivity contribution in [3.05, 3.63) is 29.3 Å². The Kier molecular flexibility index (Phi) is 6.40. The van der Waals surface area contributed by atoms with Crippen molar-refractivity contribution in [3.8, 4) is 0 Å². The van der Waals surface area contributed by atoms with Crippen molar-refractivity contribution in [2.24, 2.45) is 0 Å². The van der Waals surface area contributed by atoms with E-state index in [1.807, 2.05) is 17.9 Å². The number of carbonyl (C=O) groups excluding carboxylic acids is 2. The van der Waals surface area contributed by atoms with E-state index in [0.717, 1.165) is 37.9 Å². The van der Waals surface area contributed by atoms with Gasteiger partial charge in [0.1, 0.15) is 0 Å². The first-order valence-corrected chi connectivity index (χ1v) is 8.05. The highest BCUT2D eigenvalue weighted by Gasteiger charge is 2.19. The third kappa shape index (κ3) is 4.96. The minimum Gasteiger partial charge on any atom is -0.385 e. The minimum atomic E-state index is -0.247. The number of benzene rings is 1. The summed E-state index contributed by atoms with van der Waals surface area (Å²) in [6, 6.07) is 5.14. The second-order valence-corrected chi connectivity index (χ2v) is 5.76. The SMILES string of the molecule is COCCCNC(=O)Nc1ccc(C(=O)N2CCCC2)cc1C. The van der Waals surface area contributed by atoms with Crippen LogP contribution >= 0.6 is 0 Å². The molecule has 1 fully saturated rings. The third-order valence-corrected chi connectivity index (χ3v) is 3.93. The molecule has 0 unspecified atom stereocenters. The van der Waals surface area contributed by atoms with Gasteiger partial charge in [-0.05, 0) is 49.9 Å². The Hall–Kier alpha value is -2.08. The van der Waals surface area contributed by atoms with E-state index in [4.69, 9.17) is 4.74 Å². The standard InChI is InChI=1S/C17H25N3O3/c1-13-12-14(16(21)20-9-3-4-10-20)6-7-15(13)19-17(22)18-8-5-11-23-2/h6-7,12H,3-5,8-11H2,1-2H3,(H2,18,19,22). The van der Waals surface area contributed by atoms with Crippen LogP contribution in [0.3, 0.4) is 0 Å². The van der Waals surface area contributed by atoms with E-state index in [2.05, 4.69) is 10.6 Å². The van der Waals surface area contributed by atoms with E-state index < -0.39 is 0 Å². The first-order chi connectivity index (χ1) is 11.1. The highest BCUT2D eigenvalue weighted by molar-refractivity contribution is 5.96. The predicted octanol–water partition coefficient (Wildman–Crippen LogP) is 2.39. The highest BCUT2D eigenvalue weighted by Crippen LogP contribution is 2.19. The first-order valence-electron chi connectivity index (χ1n) is 8.05. The smallest absolute Gasteiger partial charge is 0.319 e. The van der Waals surface area contributed by atoms with Crippen molar-refractivity contribution in [1.82, 2.24) is 10.2 Å². The molecule has 2 N–H and O–H groups in total. The number of urea groups is 1. The molecule has 0 aliphatic carbocycles. The summed E-state index contributed by atoms with van der Waals surface area (Å²) in [6.07, 6.45) is 2.92. The van der Waals surface area contributed by atoms with Gasteiger partial charge in [-0.25, -0.2) is 4.79 Å². The third-order valence-electron chi connectivity index (χ3n) is 3.93. The van der Waals surface area contributed by atoms with Gasteiger partial charge in [-0.2, -0.15) is 0 Å². The summed E-state index contributed by atoms with van der Waals surface area (Å²) in [5, 5.41) is 5.58. The summed E-state index contributed by atoms with van der Waals surface area (Å²) >= 11 is 0.